The van der Waals surface area contributed by atoms with E-state index in [1.54, 1.807) is 0 Å². The van der Waals surface area contributed by atoms with Gasteiger partial charge in [-0.05, 0) is 44.1 Å². The highest BCUT2D eigenvalue weighted by Crippen LogP contribution is 2.44. The third kappa shape index (κ3) is 3.36. The van der Waals surface area contributed by atoms with E-state index in [4.69, 9.17) is 9.47 Å². The van der Waals surface area contributed by atoms with Crippen LogP contribution in [-0.2, 0) is 19.9 Å². The predicted molar refractivity (Wildman–Crippen MR) is 104 cm³/mol. The van der Waals surface area contributed by atoms with Gasteiger partial charge in [-0.25, -0.2) is 0 Å². The van der Waals surface area contributed by atoms with Gasteiger partial charge in [-0.2, -0.15) is 0 Å². The van der Waals surface area contributed by atoms with Gasteiger partial charge < -0.3 is 19.3 Å². The van der Waals surface area contributed by atoms with Crippen molar-refractivity contribution < 1.29 is 14.3 Å². The quantitative estimate of drug-likeness (QED) is 0.821. The van der Waals surface area contributed by atoms with Crippen molar-refractivity contribution >= 4 is 11.6 Å². The molecule has 3 aliphatic heterocycles. The molecule has 3 fully saturated rings. The van der Waals surface area contributed by atoms with Crippen molar-refractivity contribution in [2.45, 2.75) is 37.7 Å². The fourth-order valence-electron chi connectivity index (χ4n) is 4.98. The first-order chi connectivity index (χ1) is 13.3. The molecule has 1 saturated carbocycles. The minimum atomic E-state index is -0.238. The summed E-state index contributed by atoms with van der Waals surface area (Å²) in [5.74, 6) is 1.20. The summed E-state index contributed by atoms with van der Waals surface area (Å²) in [6, 6.07) is 8.80. The van der Waals surface area contributed by atoms with Gasteiger partial charge in [-0.1, -0.05) is 18.2 Å². The second-order valence-electron chi connectivity index (χ2n) is 8.64. The van der Waals surface area contributed by atoms with Crippen LogP contribution in [0.3, 0.4) is 0 Å². The first kappa shape index (κ1) is 17.5. The molecular weight excluding hydrogens is 340 g/mol. The number of rotatable bonds is 3. The van der Waals surface area contributed by atoms with E-state index in [0.717, 1.165) is 64.6 Å². The van der Waals surface area contributed by atoms with Gasteiger partial charge >= 0.3 is 0 Å². The molecule has 2 saturated heterocycles. The topological polar surface area (TPSA) is 42.0 Å². The van der Waals surface area contributed by atoms with Crippen molar-refractivity contribution in [1.82, 2.24) is 4.90 Å². The molecule has 0 bridgehead atoms. The summed E-state index contributed by atoms with van der Waals surface area (Å²) in [6.07, 6.45) is 5.39. The van der Waals surface area contributed by atoms with Crippen molar-refractivity contribution in [3.05, 3.63) is 29.8 Å². The lowest BCUT2D eigenvalue weighted by Crippen LogP contribution is -2.48. The molecule has 0 N–H and O–H groups in total. The van der Waals surface area contributed by atoms with Gasteiger partial charge in [0.1, 0.15) is 0 Å². The van der Waals surface area contributed by atoms with E-state index in [1.807, 2.05) is 4.90 Å². The van der Waals surface area contributed by atoms with Crippen LogP contribution >= 0.6 is 0 Å². The van der Waals surface area contributed by atoms with Gasteiger partial charge in [0.05, 0.1) is 24.7 Å². The Morgan fingerprint density at radius 2 is 1.89 bits per heavy atom. The summed E-state index contributed by atoms with van der Waals surface area (Å²) in [4.78, 5) is 17.3. The Morgan fingerprint density at radius 3 is 2.63 bits per heavy atom. The van der Waals surface area contributed by atoms with Crippen LogP contribution < -0.4 is 4.90 Å². The van der Waals surface area contributed by atoms with Gasteiger partial charge in [0.15, 0.2) is 0 Å². The smallest absolute Gasteiger partial charge is 0.228 e. The van der Waals surface area contributed by atoms with E-state index in [0.29, 0.717) is 6.61 Å². The molecular formula is C22H30N2O3. The summed E-state index contributed by atoms with van der Waals surface area (Å²) < 4.78 is 12.0. The molecule has 5 rings (SSSR count). The summed E-state index contributed by atoms with van der Waals surface area (Å²) in [6.45, 7) is 5.78. The maximum Gasteiger partial charge on any atom is 0.228 e. The number of para-hydroxylation sites is 1. The summed E-state index contributed by atoms with van der Waals surface area (Å²) in [5, 5.41) is 0. The molecule has 1 spiro atoms. The summed E-state index contributed by atoms with van der Waals surface area (Å²) in [7, 11) is 0. The standard InChI is InChI=1S/C22H30N2O3/c25-21(18-7-13-26-16-18)23-10-8-22(9-11-23)19-3-1-2-4-20(19)24(12-14-27-22)15-17-5-6-17/h1-4,17-18H,5-16H2. The summed E-state index contributed by atoms with van der Waals surface area (Å²) in [5.41, 5.74) is 2.45. The van der Waals surface area contributed by atoms with E-state index in [2.05, 4.69) is 29.2 Å². The number of piperidine rings is 1. The molecule has 1 aliphatic carbocycles. The van der Waals surface area contributed by atoms with Crippen molar-refractivity contribution in [3.8, 4) is 0 Å². The third-order valence-corrected chi connectivity index (χ3v) is 6.81. The maximum absolute atomic E-state index is 12.8. The van der Waals surface area contributed by atoms with Crippen molar-refractivity contribution in [1.29, 1.82) is 0 Å². The van der Waals surface area contributed by atoms with Crippen LogP contribution in [0.2, 0.25) is 0 Å². The van der Waals surface area contributed by atoms with Crippen LogP contribution in [0.1, 0.15) is 37.7 Å². The van der Waals surface area contributed by atoms with Gasteiger partial charge in [-0.3, -0.25) is 4.79 Å². The Kier molecular flexibility index (Phi) is 4.60. The Labute approximate surface area is 161 Å². The number of amides is 1. The van der Waals surface area contributed by atoms with Crippen molar-refractivity contribution in [2.75, 3.05) is 50.9 Å². The largest absolute Gasteiger partial charge is 0.381 e. The molecule has 5 nitrogen and oxygen atoms in total. The molecule has 0 aromatic heterocycles. The second-order valence-corrected chi connectivity index (χ2v) is 8.64. The van der Waals surface area contributed by atoms with Gasteiger partial charge in [-0.15, -0.1) is 0 Å². The summed E-state index contributed by atoms with van der Waals surface area (Å²) >= 11 is 0. The molecule has 3 heterocycles. The number of carbonyl (C=O) groups is 1. The van der Waals surface area contributed by atoms with Gasteiger partial charge in [0, 0.05) is 44.0 Å². The van der Waals surface area contributed by atoms with Crippen LogP contribution in [0, 0.1) is 11.8 Å². The first-order valence-corrected chi connectivity index (χ1v) is 10.6. The highest BCUT2D eigenvalue weighted by atomic mass is 16.5. The SMILES string of the molecule is O=C(C1CCOC1)N1CCC2(CC1)OCCN(CC1CC1)c1ccccc12. The maximum atomic E-state index is 12.8. The normalized spacial score (nSPS) is 27.5. The number of nitrogens with zero attached hydrogens (tertiary/aromatic N) is 2. The van der Waals surface area contributed by atoms with Crippen LogP contribution in [0.15, 0.2) is 24.3 Å². The lowest BCUT2D eigenvalue weighted by molar-refractivity contribution is -0.143. The second kappa shape index (κ2) is 7.10. The van der Waals surface area contributed by atoms with Crippen LogP contribution in [0.5, 0.6) is 0 Å². The Hall–Kier alpha value is -1.59. The number of hydrogen-bond acceptors (Lipinski definition) is 4. The van der Waals surface area contributed by atoms with Crippen molar-refractivity contribution in [2.24, 2.45) is 11.8 Å². The van der Waals surface area contributed by atoms with Crippen LogP contribution in [0.4, 0.5) is 5.69 Å². The number of ether oxygens (including phenoxy) is 2. The van der Waals surface area contributed by atoms with E-state index in [9.17, 15) is 4.79 Å². The monoisotopic (exact) mass is 370 g/mol. The number of anilines is 1. The zero-order valence-electron chi connectivity index (χ0n) is 16.1. The first-order valence-electron chi connectivity index (χ1n) is 10.6. The van der Waals surface area contributed by atoms with Crippen molar-refractivity contribution in [3.63, 3.8) is 0 Å². The zero-order valence-corrected chi connectivity index (χ0v) is 16.1. The van der Waals surface area contributed by atoms with Crippen LogP contribution in [0.25, 0.3) is 0 Å². The molecule has 146 valence electrons. The average molecular weight is 370 g/mol. The predicted octanol–water partition coefficient (Wildman–Crippen LogP) is 2.79. The number of benzene rings is 1. The lowest BCUT2D eigenvalue weighted by atomic mass is 9.82. The number of likely N-dealkylation sites (tertiary alicyclic amines) is 1. The minimum Gasteiger partial charge on any atom is -0.381 e. The Morgan fingerprint density at radius 1 is 1.07 bits per heavy atom. The molecule has 1 unspecified atom stereocenters. The average Bonchev–Trinajstić information content (AvgIpc) is 3.39. The van der Waals surface area contributed by atoms with E-state index in [1.165, 1.54) is 24.1 Å². The molecule has 1 aromatic rings. The number of fused-ring (bicyclic) bond motifs is 2. The van der Waals surface area contributed by atoms with Gasteiger partial charge in [0.2, 0.25) is 5.91 Å². The lowest BCUT2D eigenvalue weighted by Gasteiger charge is -2.42. The number of carbonyl (C=O) groups excluding carboxylic acids is 1. The highest BCUT2D eigenvalue weighted by Gasteiger charge is 2.43. The molecule has 4 aliphatic rings. The molecule has 1 atom stereocenters. The zero-order chi connectivity index (χ0) is 18.3. The molecule has 1 amide bonds. The third-order valence-electron chi connectivity index (χ3n) is 6.81. The van der Waals surface area contributed by atoms with Crippen LogP contribution in [-0.4, -0.2) is 56.8 Å². The Bertz CT molecular complexity index is 689. The number of hydrogen-bond donors (Lipinski definition) is 0. The van der Waals surface area contributed by atoms with E-state index in [-0.39, 0.29) is 17.4 Å². The molecule has 5 heteroatoms. The molecule has 1 aromatic carbocycles. The molecule has 27 heavy (non-hydrogen) atoms. The minimum absolute atomic E-state index is 0.0652. The van der Waals surface area contributed by atoms with E-state index < -0.39 is 0 Å². The van der Waals surface area contributed by atoms with Gasteiger partial charge in [0.25, 0.3) is 0 Å². The molecule has 0 radical (unpaired) electrons. The van der Waals surface area contributed by atoms with E-state index >= 15 is 0 Å². The fraction of sp³-hybridized carbons (Fsp3) is 0.682. The Balaban J connectivity index is 1.35. The fourth-order valence-corrected chi connectivity index (χ4v) is 4.98. The highest BCUT2D eigenvalue weighted by molar-refractivity contribution is 5.79.